The summed E-state index contributed by atoms with van der Waals surface area (Å²) in [6.07, 6.45) is 5.76. The minimum Gasteiger partial charge on any atom is -0.124 e. The predicted molar refractivity (Wildman–Crippen MR) is 70.5 cm³/mol. The van der Waals surface area contributed by atoms with E-state index in [9.17, 15) is 0 Å². The maximum Gasteiger partial charge on any atom is 0.124 e. The van der Waals surface area contributed by atoms with Crippen molar-refractivity contribution >= 4 is 0 Å². The lowest BCUT2D eigenvalue weighted by molar-refractivity contribution is 2.50. The second-order valence-electron chi connectivity index (χ2n) is 0. The van der Waals surface area contributed by atoms with Crippen LogP contribution in [-0.2, 0) is 0 Å². The Morgan fingerprint density at radius 1 is 0.727 bits per heavy atom. The fraction of sp³-hybridized carbons (Fsp3) is 0.818. The lowest BCUT2D eigenvalue weighted by Gasteiger charge is -0.701. The van der Waals surface area contributed by atoms with E-state index in [-0.39, 0.29) is 66.8 Å². The molecule has 0 heteroatoms. The average Bonchev–Trinajstić information content (AvgIpc) is 1.39. The molecule has 0 amide bonds. The van der Waals surface area contributed by atoms with Crippen LogP contribution in [0.5, 0.6) is 0 Å². The van der Waals surface area contributed by atoms with E-state index in [1.807, 2.05) is 0 Å². The van der Waals surface area contributed by atoms with Gasteiger partial charge in [-0.15, -0.1) is 12.8 Å². The minimum absolute atomic E-state index is 0. The van der Waals surface area contributed by atoms with Gasteiger partial charge in [-0.2, -0.15) is 0 Å². The molecule has 0 aromatic carbocycles. The summed E-state index contributed by atoms with van der Waals surface area (Å²) in [5.41, 5.74) is 0. The largest absolute Gasteiger partial charge is 0.124 e. The maximum atomic E-state index is 5.88. The highest BCUT2D eigenvalue weighted by molar-refractivity contribution is 4.47. The van der Waals surface area contributed by atoms with Crippen molar-refractivity contribution < 1.29 is 4.11 Å². The Bertz CT molecular complexity index is 40.3. The van der Waals surface area contributed by atoms with Gasteiger partial charge in [-0.1, -0.05) is 66.8 Å². The number of terminal acetylenes is 1. The summed E-state index contributed by atoms with van der Waals surface area (Å²) < 4.78 is 17.5. The molecule has 0 saturated carbocycles. The molecule has 0 aliphatic heterocycles. The van der Waals surface area contributed by atoms with E-state index < -0.39 is 0 Å². The maximum absolute atomic E-state index is 5.88. The van der Waals surface area contributed by atoms with E-state index in [0.29, 0.717) is 0 Å². The average molecular weight is 176 g/mol. The highest BCUT2D eigenvalue weighted by atomic mass is 12.6. The molecule has 0 saturated heterocycles. The molecule has 0 aliphatic carbocycles. The van der Waals surface area contributed by atoms with Crippen molar-refractivity contribution in [3.63, 3.8) is 0 Å². The fourth-order valence-corrected chi connectivity index (χ4v) is 0. The molecule has 0 nitrogen and oxygen atoms in total. The van der Waals surface area contributed by atoms with Crippen molar-refractivity contribution in [1.29, 1.82) is 0 Å². The Hall–Kier alpha value is -0.440. The molecule has 0 fully saturated rings. The summed E-state index contributed by atoms with van der Waals surface area (Å²) in [5.74, 6) is 0. The molecule has 0 spiro atoms. The van der Waals surface area contributed by atoms with E-state index in [4.69, 9.17) is 4.11 Å². The lowest BCUT2D eigenvalue weighted by Crippen LogP contribution is -0.576. The fourth-order valence-electron chi connectivity index (χ4n) is 0. The summed E-state index contributed by atoms with van der Waals surface area (Å²) in [6.45, 7) is 0. The van der Waals surface area contributed by atoms with E-state index in [1.54, 1.807) is 0 Å². The number of hydrogen-bond acceptors (Lipinski definition) is 0. The van der Waals surface area contributed by atoms with E-state index in [2.05, 4.69) is 6.42 Å². The van der Waals surface area contributed by atoms with Crippen LogP contribution in [-0.4, -0.2) is 0 Å². The minimum atomic E-state index is -0.250. The molecule has 82 valence electrons. The Morgan fingerprint density at radius 3 is 0.727 bits per heavy atom. The molecule has 0 N–H and O–H groups in total. The first-order chi connectivity index (χ1) is 2.83. The molecule has 0 rings (SSSR count). The first kappa shape index (κ1) is 76.2. The van der Waals surface area contributed by atoms with Crippen molar-refractivity contribution in [2.24, 2.45) is 0 Å². The third kappa shape index (κ3) is 2820. The third-order valence-electron chi connectivity index (χ3n) is 0. The van der Waals surface area contributed by atoms with Crippen molar-refractivity contribution in [3.05, 3.63) is 0 Å². The van der Waals surface area contributed by atoms with E-state index in [1.165, 1.54) is 6.40 Å². The summed E-state index contributed by atoms with van der Waals surface area (Å²) in [7, 11) is -0.250. The van der Waals surface area contributed by atoms with Gasteiger partial charge in [0.2, 0.25) is 0 Å². The third-order valence-corrected chi connectivity index (χ3v) is 0. The van der Waals surface area contributed by atoms with Gasteiger partial charge in [0.05, 0.1) is 0 Å². The Balaban J connectivity index is -0.00000000182. The van der Waals surface area contributed by atoms with Gasteiger partial charge in [0, 0.05) is 2.74 Å². The molecular formula is C11H38. The van der Waals surface area contributed by atoms with Crippen LogP contribution in [0.25, 0.3) is 0 Å². The van der Waals surface area contributed by atoms with E-state index in [0.717, 1.165) is 0 Å². The van der Waals surface area contributed by atoms with Crippen molar-refractivity contribution in [1.82, 2.24) is 0 Å². The number of rotatable bonds is 0. The Labute approximate surface area is 84.7 Å². The number of hydrogen-bond donors (Lipinski definition) is 0. The van der Waals surface area contributed by atoms with Gasteiger partial charge in [0.1, 0.15) is 1.37 Å². The van der Waals surface area contributed by atoms with Gasteiger partial charge < -0.3 is 0 Å². The summed E-state index contributed by atoms with van der Waals surface area (Å²) >= 11 is 0. The first-order valence-electron chi connectivity index (χ1n) is 2.20. The predicted octanol–water partition coefficient (Wildman–Crippen LogP) is 5.97. The van der Waals surface area contributed by atoms with Gasteiger partial charge in [0.15, 0.2) is 0 Å². The molecular weight excluding hydrogens is 132 g/mol. The summed E-state index contributed by atoms with van der Waals surface area (Å²) in [5, 5.41) is 0. The molecule has 0 unspecified atom stereocenters. The van der Waals surface area contributed by atoms with Crippen molar-refractivity contribution in [2.45, 2.75) is 66.8 Å². The quantitative estimate of drug-likeness (QED) is 0.399. The molecule has 0 bridgehead atoms. The van der Waals surface area contributed by atoms with E-state index >= 15 is 0 Å². The molecule has 0 heterocycles. The summed E-state index contributed by atoms with van der Waals surface area (Å²) in [6, 6.07) is 0. The van der Waals surface area contributed by atoms with Crippen LogP contribution in [0, 0.1) is 12.8 Å². The van der Waals surface area contributed by atoms with Crippen molar-refractivity contribution in [3.8, 4) is 12.8 Å². The molecule has 0 aromatic heterocycles. The molecule has 0 aliphatic rings. The molecule has 0 aromatic rings. The molecule has 11 heavy (non-hydrogen) atoms. The van der Waals surface area contributed by atoms with Crippen LogP contribution in [0.3, 0.4) is 0 Å². The van der Waals surface area contributed by atoms with Crippen LogP contribution >= 0.6 is 0 Å². The Morgan fingerprint density at radius 2 is 0.727 bits per heavy atom. The van der Waals surface area contributed by atoms with Gasteiger partial charge in [-0.3, -0.25) is 0 Å². The smallest absolute Gasteiger partial charge is 0.124 e. The van der Waals surface area contributed by atoms with Crippen LogP contribution in [0.4, 0.5) is 0 Å². The molecule has 0 radical (unpaired) electrons. The van der Waals surface area contributed by atoms with Crippen LogP contribution in [0.2, 0.25) is 0 Å². The Kier molecular flexibility index (Phi) is 25000. The highest BCUT2D eigenvalue weighted by Gasteiger charge is 0.454. The highest BCUT2D eigenvalue weighted by Crippen LogP contribution is 0.579. The van der Waals surface area contributed by atoms with Crippen LogP contribution in [0.1, 0.15) is 70.9 Å². The monoisotopic (exact) mass is 176 g/mol. The van der Waals surface area contributed by atoms with Crippen LogP contribution in [0.15, 0.2) is 0 Å². The second kappa shape index (κ2) is 3620. The van der Waals surface area contributed by atoms with Gasteiger partial charge in [-0.05, 0) is 0 Å². The summed E-state index contributed by atoms with van der Waals surface area (Å²) in [4.78, 5) is 0. The zero-order valence-electron chi connectivity index (χ0n) is 4.78. The standard InChI is InChI=1S/C2H2.9CH4/c1-2;;;;;;;;;/h1-2H;9*1H4/i1T;1T2;;;;;;;;. The lowest BCUT2D eigenvalue weighted by atomic mass is 11.4. The first-order valence-corrected chi connectivity index (χ1v) is 0.289. The van der Waals surface area contributed by atoms with Gasteiger partial charge in [0.25, 0.3) is 0 Å². The van der Waals surface area contributed by atoms with Crippen LogP contribution < -0.4 is 0 Å². The molecule has 0 atom stereocenters. The zero-order valence-corrected chi connectivity index (χ0v) is 1.78. The van der Waals surface area contributed by atoms with Gasteiger partial charge in [-0.25, -0.2) is 0 Å². The zero-order chi connectivity index (χ0) is 5.41. The van der Waals surface area contributed by atoms with Crippen molar-refractivity contribution in [2.75, 3.05) is 0 Å². The normalized spacial score (nSPS) is 2.64. The second-order valence-corrected chi connectivity index (χ2v) is 0. The van der Waals surface area contributed by atoms with Gasteiger partial charge >= 0.3 is 0 Å². The topological polar surface area (TPSA) is 0 Å². The SMILES string of the molecule is C.C.C.C.C.C.C.C.[3H]C#C.[3H]C[3H].